The van der Waals surface area contributed by atoms with Gasteiger partial charge in [-0.3, -0.25) is 0 Å². The summed E-state index contributed by atoms with van der Waals surface area (Å²) in [6.07, 6.45) is 0.558. The van der Waals surface area contributed by atoms with Crippen LogP contribution in [0.5, 0.6) is 0 Å². The van der Waals surface area contributed by atoms with Crippen LogP contribution in [-0.2, 0) is 16.4 Å². The molecule has 2 aromatic rings. The molecule has 0 radical (unpaired) electrons. The lowest BCUT2D eigenvalue weighted by Crippen LogP contribution is -2.27. The molecular weight excluding hydrogens is 282 g/mol. The zero-order valence-electron chi connectivity index (χ0n) is 10.3. The minimum Gasteiger partial charge on any atom is -0.234 e. The second-order valence-corrected chi connectivity index (χ2v) is 6.16. The Balaban J connectivity index is 2.22. The third-order valence-corrected chi connectivity index (χ3v) is 4.37. The Hall–Kier alpha value is -2.19. The minimum absolute atomic E-state index is 0.0362. The highest BCUT2D eigenvalue weighted by Gasteiger charge is 2.28. The van der Waals surface area contributed by atoms with Crippen molar-refractivity contribution in [2.45, 2.75) is 11.3 Å². The molecule has 1 aliphatic heterocycles. The maximum absolute atomic E-state index is 11.3. The van der Waals surface area contributed by atoms with Gasteiger partial charge in [-0.05, 0) is 41.0 Å². The van der Waals surface area contributed by atoms with E-state index in [-0.39, 0.29) is 4.90 Å². The molecule has 0 unspecified atom stereocenters. The van der Waals surface area contributed by atoms with Gasteiger partial charge in [0, 0.05) is 0 Å². The van der Waals surface area contributed by atoms with Gasteiger partial charge in [-0.2, -0.15) is 0 Å². The maximum Gasteiger partial charge on any atom is 0.238 e. The fourth-order valence-electron chi connectivity index (χ4n) is 2.55. The summed E-state index contributed by atoms with van der Waals surface area (Å²) < 4.78 is 22.7. The van der Waals surface area contributed by atoms with Gasteiger partial charge >= 0.3 is 0 Å². The van der Waals surface area contributed by atoms with E-state index in [4.69, 9.17) is 5.14 Å². The molecule has 20 heavy (non-hydrogen) atoms. The van der Waals surface area contributed by atoms with Gasteiger partial charge in [0.05, 0.1) is 11.4 Å². The average Bonchev–Trinajstić information content (AvgIpc) is 2.81. The highest BCUT2D eigenvalue weighted by atomic mass is 32.2. The van der Waals surface area contributed by atoms with E-state index < -0.39 is 15.1 Å². The number of nitrogens with two attached hydrogens (primary N) is 1. The van der Waals surface area contributed by atoms with Crippen LogP contribution in [0.1, 0.15) is 5.56 Å². The van der Waals surface area contributed by atoms with Crippen LogP contribution in [0.3, 0.4) is 0 Å². The first-order valence-electron chi connectivity index (χ1n) is 5.88. The van der Waals surface area contributed by atoms with Crippen molar-refractivity contribution < 1.29 is 13.5 Å². The van der Waals surface area contributed by atoms with Crippen LogP contribution in [0, 0.1) is 10.1 Å². The Labute approximate surface area is 114 Å². The minimum atomic E-state index is -3.75. The van der Waals surface area contributed by atoms with Crippen LogP contribution in [0.15, 0.2) is 35.2 Å². The molecule has 1 aliphatic rings. The molecular formula is C12H11N3O4S. The Bertz CT molecular complexity index is 832. The van der Waals surface area contributed by atoms with Gasteiger partial charge in [0.15, 0.2) is 5.03 Å². The lowest BCUT2D eigenvalue weighted by Gasteiger charge is -2.09. The summed E-state index contributed by atoms with van der Waals surface area (Å²) in [5.41, 5.74) is 1.42. The molecule has 0 atom stereocenters. The SMILES string of the molecule is NS(=O)(=O)c1ccc2c3c(ccc2c1)N([N+](=O)[O-])CC3. The molecule has 7 nitrogen and oxygen atoms in total. The van der Waals surface area contributed by atoms with E-state index >= 15 is 0 Å². The first kappa shape index (κ1) is 12.8. The number of hydrazine groups is 1. The smallest absolute Gasteiger partial charge is 0.234 e. The van der Waals surface area contributed by atoms with Crippen molar-refractivity contribution in [2.75, 3.05) is 11.6 Å². The van der Waals surface area contributed by atoms with E-state index in [1.165, 1.54) is 12.1 Å². The third kappa shape index (κ3) is 1.89. The van der Waals surface area contributed by atoms with E-state index in [1.807, 2.05) is 0 Å². The molecule has 2 N–H and O–H groups in total. The van der Waals surface area contributed by atoms with Crippen LogP contribution >= 0.6 is 0 Å². The van der Waals surface area contributed by atoms with Crippen molar-refractivity contribution in [3.8, 4) is 0 Å². The summed E-state index contributed by atoms with van der Waals surface area (Å²) in [7, 11) is -3.75. The summed E-state index contributed by atoms with van der Waals surface area (Å²) in [6.45, 7) is 0.318. The first-order valence-corrected chi connectivity index (χ1v) is 7.43. The molecule has 3 rings (SSSR count). The number of rotatable bonds is 2. The van der Waals surface area contributed by atoms with Crippen LogP contribution in [-0.4, -0.2) is 20.0 Å². The number of sulfonamides is 1. The molecule has 0 spiro atoms. The summed E-state index contributed by atoms with van der Waals surface area (Å²) in [6, 6.07) is 7.87. The van der Waals surface area contributed by atoms with E-state index in [1.54, 1.807) is 18.2 Å². The number of nitro groups is 1. The van der Waals surface area contributed by atoms with Gasteiger partial charge in [-0.25, -0.2) is 23.7 Å². The van der Waals surface area contributed by atoms with Crippen LogP contribution in [0.4, 0.5) is 5.69 Å². The number of hydrogen-bond acceptors (Lipinski definition) is 4. The van der Waals surface area contributed by atoms with E-state index in [0.717, 1.165) is 16.0 Å². The van der Waals surface area contributed by atoms with Crippen molar-refractivity contribution >= 4 is 26.5 Å². The first-order chi connectivity index (χ1) is 9.38. The topological polar surface area (TPSA) is 107 Å². The molecule has 0 saturated carbocycles. The van der Waals surface area contributed by atoms with E-state index in [2.05, 4.69) is 0 Å². The summed E-state index contributed by atoms with van der Waals surface area (Å²) >= 11 is 0. The summed E-state index contributed by atoms with van der Waals surface area (Å²) in [5, 5.41) is 18.2. The van der Waals surface area contributed by atoms with Crippen LogP contribution in [0.2, 0.25) is 0 Å². The highest BCUT2D eigenvalue weighted by Crippen LogP contribution is 2.34. The second-order valence-electron chi connectivity index (χ2n) is 4.60. The predicted molar refractivity (Wildman–Crippen MR) is 73.4 cm³/mol. The standard InChI is InChI=1S/C12H11N3O4S/c13-20(18,19)9-2-3-10-8(7-9)1-4-12-11(10)5-6-14(12)15(16)17/h1-4,7H,5-6H2,(H2,13,18,19). The number of fused-ring (bicyclic) bond motifs is 3. The Morgan fingerprint density at radius 1 is 1.25 bits per heavy atom. The van der Waals surface area contributed by atoms with Crippen LogP contribution in [0.25, 0.3) is 10.8 Å². The molecule has 0 saturated heterocycles. The Morgan fingerprint density at radius 3 is 2.65 bits per heavy atom. The van der Waals surface area contributed by atoms with Crippen molar-refractivity contribution in [2.24, 2.45) is 5.14 Å². The Kier molecular flexibility index (Phi) is 2.66. The molecule has 0 aliphatic carbocycles. The van der Waals surface area contributed by atoms with E-state index in [9.17, 15) is 18.5 Å². The lowest BCUT2D eigenvalue weighted by atomic mass is 10.0. The number of benzene rings is 2. The molecule has 2 aromatic carbocycles. The fourth-order valence-corrected chi connectivity index (χ4v) is 3.10. The Morgan fingerprint density at radius 2 is 2.00 bits per heavy atom. The van der Waals surface area contributed by atoms with E-state index in [0.29, 0.717) is 24.0 Å². The van der Waals surface area contributed by atoms with Gasteiger partial charge in [0.25, 0.3) is 0 Å². The highest BCUT2D eigenvalue weighted by molar-refractivity contribution is 7.89. The van der Waals surface area contributed by atoms with Gasteiger partial charge < -0.3 is 0 Å². The molecule has 0 amide bonds. The van der Waals surface area contributed by atoms with Gasteiger partial charge in [0.1, 0.15) is 5.69 Å². The number of primary sulfonamides is 1. The molecule has 104 valence electrons. The third-order valence-electron chi connectivity index (χ3n) is 3.46. The monoisotopic (exact) mass is 293 g/mol. The summed E-state index contributed by atoms with van der Waals surface area (Å²) in [5.74, 6) is 0. The number of nitrogens with zero attached hydrogens (tertiary/aromatic N) is 2. The number of anilines is 1. The van der Waals surface area contributed by atoms with Gasteiger partial charge in [0.2, 0.25) is 10.0 Å². The van der Waals surface area contributed by atoms with Crippen molar-refractivity contribution in [3.63, 3.8) is 0 Å². The molecule has 8 heteroatoms. The number of hydrogen-bond donors (Lipinski definition) is 1. The average molecular weight is 293 g/mol. The molecule has 0 aromatic heterocycles. The zero-order valence-corrected chi connectivity index (χ0v) is 11.1. The van der Waals surface area contributed by atoms with Crippen molar-refractivity contribution in [3.05, 3.63) is 46.0 Å². The predicted octanol–water partition coefficient (Wildman–Crippen LogP) is 1.04. The van der Waals surface area contributed by atoms with Crippen LogP contribution < -0.4 is 10.1 Å². The maximum atomic E-state index is 11.3. The fraction of sp³-hybridized carbons (Fsp3) is 0.167. The van der Waals surface area contributed by atoms with Crippen molar-refractivity contribution in [1.29, 1.82) is 0 Å². The molecule has 1 heterocycles. The molecule has 0 bridgehead atoms. The zero-order chi connectivity index (χ0) is 14.5. The lowest BCUT2D eigenvalue weighted by molar-refractivity contribution is -0.493. The van der Waals surface area contributed by atoms with Gasteiger partial charge in [-0.1, -0.05) is 17.1 Å². The summed E-state index contributed by atoms with van der Waals surface area (Å²) in [4.78, 5) is 11.0. The largest absolute Gasteiger partial charge is 0.238 e. The quantitative estimate of drug-likeness (QED) is 0.657. The van der Waals surface area contributed by atoms with Gasteiger partial charge in [-0.15, -0.1) is 0 Å². The van der Waals surface area contributed by atoms with Crippen molar-refractivity contribution in [1.82, 2.24) is 0 Å². The normalized spacial score (nSPS) is 14.6. The molecule has 0 fully saturated rings. The second kappa shape index (κ2) is 4.15.